The second kappa shape index (κ2) is 6.52. The van der Waals surface area contributed by atoms with Crippen molar-refractivity contribution < 1.29 is 17.9 Å². The molecule has 0 aliphatic heterocycles. The Balaban J connectivity index is 2.47. The predicted octanol–water partition coefficient (Wildman–Crippen LogP) is 5.30. The normalized spacial score (nSPS) is 10.6. The van der Waals surface area contributed by atoms with Gasteiger partial charge in [0.2, 0.25) is 0 Å². The molecule has 0 bridgehead atoms. The molecule has 5 heteroatoms. The lowest BCUT2D eigenvalue weighted by Crippen LogP contribution is -1.97. The van der Waals surface area contributed by atoms with Crippen LogP contribution >= 0.6 is 0 Å². The van der Waals surface area contributed by atoms with Gasteiger partial charge in [0.25, 0.3) is 6.43 Å². The van der Waals surface area contributed by atoms with Crippen molar-refractivity contribution in [3.63, 3.8) is 0 Å². The van der Waals surface area contributed by atoms with Gasteiger partial charge < -0.3 is 4.74 Å². The maximum atomic E-state index is 14.3. The summed E-state index contributed by atoms with van der Waals surface area (Å²) in [5, 5.41) is 8.90. The third-order valence-corrected chi connectivity index (χ3v) is 3.28. The largest absolute Gasteiger partial charge is 0.454 e. The molecule has 0 aliphatic carbocycles. The standard InChI is InChI=1S/C17H14F3NO/c1-3-12-5-4-10(2)16(15(12)18)22-14-7-11(9-21)6-13(8-14)17(19)20/h4-8,17H,3H2,1-2H3. The van der Waals surface area contributed by atoms with Crippen LogP contribution < -0.4 is 4.74 Å². The SMILES string of the molecule is CCc1ccc(C)c(Oc2cc(C#N)cc(C(F)F)c2)c1F. The number of nitriles is 1. The molecule has 0 aliphatic rings. The summed E-state index contributed by atoms with van der Waals surface area (Å²) in [7, 11) is 0. The maximum Gasteiger partial charge on any atom is 0.264 e. The first kappa shape index (κ1) is 15.9. The topological polar surface area (TPSA) is 33.0 Å². The number of benzene rings is 2. The van der Waals surface area contributed by atoms with Crippen LogP contribution in [0.25, 0.3) is 0 Å². The smallest absolute Gasteiger partial charge is 0.264 e. The van der Waals surface area contributed by atoms with E-state index in [2.05, 4.69) is 0 Å². The number of rotatable bonds is 4. The van der Waals surface area contributed by atoms with Gasteiger partial charge >= 0.3 is 0 Å². The number of aryl methyl sites for hydroxylation is 2. The molecule has 0 aromatic heterocycles. The molecular weight excluding hydrogens is 291 g/mol. The van der Waals surface area contributed by atoms with Gasteiger partial charge in [0, 0.05) is 5.56 Å². The summed E-state index contributed by atoms with van der Waals surface area (Å²) in [6, 6.07) is 8.67. The molecule has 2 rings (SSSR count). The van der Waals surface area contributed by atoms with E-state index in [9.17, 15) is 13.2 Å². The Bertz CT molecular complexity index is 735. The number of hydrogen-bond acceptors (Lipinski definition) is 2. The predicted molar refractivity (Wildman–Crippen MR) is 76.7 cm³/mol. The Morgan fingerprint density at radius 2 is 1.95 bits per heavy atom. The zero-order chi connectivity index (χ0) is 16.3. The summed E-state index contributed by atoms with van der Waals surface area (Å²) in [5.41, 5.74) is 0.734. The summed E-state index contributed by atoms with van der Waals surface area (Å²) in [6.45, 7) is 3.47. The van der Waals surface area contributed by atoms with Gasteiger partial charge in [-0.1, -0.05) is 19.1 Å². The summed E-state index contributed by atoms with van der Waals surface area (Å²) < 4.78 is 45.5. The van der Waals surface area contributed by atoms with Crippen molar-refractivity contribution in [3.05, 3.63) is 58.4 Å². The van der Waals surface area contributed by atoms with Crippen LogP contribution in [-0.4, -0.2) is 0 Å². The summed E-state index contributed by atoms with van der Waals surface area (Å²) in [4.78, 5) is 0. The molecule has 2 aromatic rings. The maximum absolute atomic E-state index is 14.3. The van der Waals surface area contributed by atoms with E-state index in [0.29, 0.717) is 17.5 Å². The van der Waals surface area contributed by atoms with Crippen LogP contribution in [-0.2, 0) is 6.42 Å². The number of alkyl halides is 2. The fourth-order valence-corrected chi connectivity index (χ4v) is 2.08. The molecule has 0 spiro atoms. The molecule has 0 N–H and O–H groups in total. The van der Waals surface area contributed by atoms with Gasteiger partial charge in [0.05, 0.1) is 11.6 Å². The molecule has 0 radical (unpaired) electrons. The van der Waals surface area contributed by atoms with E-state index in [1.54, 1.807) is 25.1 Å². The monoisotopic (exact) mass is 305 g/mol. The van der Waals surface area contributed by atoms with Crippen LogP contribution in [0, 0.1) is 24.1 Å². The molecule has 114 valence electrons. The molecule has 22 heavy (non-hydrogen) atoms. The van der Waals surface area contributed by atoms with Gasteiger partial charge in [0.15, 0.2) is 11.6 Å². The number of halogens is 3. The van der Waals surface area contributed by atoms with E-state index in [-0.39, 0.29) is 22.6 Å². The second-order valence-electron chi connectivity index (χ2n) is 4.84. The second-order valence-corrected chi connectivity index (χ2v) is 4.84. The van der Waals surface area contributed by atoms with Crippen molar-refractivity contribution in [2.45, 2.75) is 26.7 Å². The lowest BCUT2D eigenvalue weighted by atomic mass is 10.1. The zero-order valence-corrected chi connectivity index (χ0v) is 12.2. The summed E-state index contributed by atoms with van der Waals surface area (Å²) in [6.07, 6.45) is -2.24. The highest BCUT2D eigenvalue weighted by Crippen LogP contribution is 2.33. The van der Waals surface area contributed by atoms with Gasteiger partial charge in [-0.25, -0.2) is 13.2 Å². The van der Waals surface area contributed by atoms with E-state index < -0.39 is 12.2 Å². The third-order valence-electron chi connectivity index (χ3n) is 3.28. The first-order chi connectivity index (χ1) is 10.5. The molecule has 0 fully saturated rings. The van der Waals surface area contributed by atoms with Crippen LogP contribution in [0.4, 0.5) is 13.2 Å². The molecule has 0 unspecified atom stereocenters. The highest BCUT2D eigenvalue weighted by atomic mass is 19.3. The quantitative estimate of drug-likeness (QED) is 0.768. The average Bonchev–Trinajstić information content (AvgIpc) is 2.51. The van der Waals surface area contributed by atoms with Gasteiger partial charge in [0.1, 0.15) is 5.75 Å². The fraction of sp³-hybridized carbons (Fsp3) is 0.235. The minimum absolute atomic E-state index is 0.00495. The molecule has 0 saturated carbocycles. The Labute approximate surface area is 126 Å². The number of hydrogen-bond donors (Lipinski definition) is 0. The molecule has 2 aromatic carbocycles. The van der Waals surface area contributed by atoms with Crippen LogP contribution in [0.1, 0.15) is 35.6 Å². The van der Waals surface area contributed by atoms with E-state index in [0.717, 1.165) is 12.1 Å². The van der Waals surface area contributed by atoms with E-state index in [1.165, 1.54) is 6.07 Å². The average molecular weight is 305 g/mol. The van der Waals surface area contributed by atoms with Crippen molar-refractivity contribution >= 4 is 0 Å². The van der Waals surface area contributed by atoms with Crippen LogP contribution in [0.15, 0.2) is 30.3 Å². The van der Waals surface area contributed by atoms with E-state index in [1.807, 2.05) is 6.92 Å². The van der Waals surface area contributed by atoms with Gasteiger partial charge in [-0.2, -0.15) is 5.26 Å². The van der Waals surface area contributed by atoms with Crippen LogP contribution in [0.2, 0.25) is 0 Å². The lowest BCUT2D eigenvalue weighted by Gasteiger charge is -2.13. The first-order valence-corrected chi connectivity index (χ1v) is 6.75. The molecule has 0 saturated heterocycles. The zero-order valence-electron chi connectivity index (χ0n) is 12.2. The molecule has 0 atom stereocenters. The third kappa shape index (κ3) is 3.22. The molecule has 2 nitrogen and oxygen atoms in total. The highest BCUT2D eigenvalue weighted by Gasteiger charge is 2.15. The molecular formula is C17H14F3NO. The van der Waals surface area contributed by atoms with Crippen LogP contribution in [0.5, 0.6) is 11.5 Å². The van der Waals surface area contributed by atoms with Gasteiger partial charge in [-0.3, -0.25) is 0 Å². The van der Waals surface area contributed by atoms with E-state index in [4.69, 9.17) is 10.00 Å². The molecule has 0 amide bonds. The van der Waals surface area contributed by atoms with Crippen molar-refractivity contribution in [1.29, 1.82) is 5.26 Å². The Morgan fingerprint density at radius 1 is 1.23 bits per heavy atom. The summed E-state index contributed by atoms with van der Waals surface area (Å²) in [5.74, 6) is -0.497. The number of ether oxygens (including phenoxy) is 1. The van der Waals surface area contributed by atoms with Crippen molar-refractivity contribution in [1.82, 2.24) is 0 Å². The number of nitrogens with zero attached hydrogens (tertiary/aromatic N) is 1. The van der Waals surface area contributed by atoms with Crippen molar-refractivity contribution in [3.8, 4) is 17.6 Å². The fourth-order valence-electron chi connectivity index (χ4n) is 2.08. The Morgan fingerprint density at radius 3 is 2.55 bits per heavy atom. The van der Waals surface area contributed by atoms with Gasteiger partial charge in [-0.05, 0) is 42.7 Å². The highest BCUT2D eigenvalue weighted by molar-refractivity contribution is 5.46. The summed E-state index contributed by atoms with van der Waals surface area (Å²) >= 11 is 0. The van der Waals surface area contributed by atoms with Gasteiger partial charge in [-0.15, -0.1) is 0 Å². The molecule has 0 heterocycles. The minimum atomic E-state index is -2.73. The Kier molecular flexibility index (Phi) is 4.71. The van der Waals surface area contributed by atoms with E-state index >= 15 is 0 Å². The first-order valence-electron chi connectivity index (χ1n) is 6.75. The Hall–Kier alpha value is -2.48. The lowest BCUT2D eigenvalue weighted by molar-refractivity contribution is 0.151. The van der Waals surface area contributed by atoms with Crippen molar-refractivity contribution in [2.75, 3.05) is 0 Å². The van der Waals surface area contributed by atoms with Crippen LogP contribution in [0.3, 0.4) is 0 Å². The van der Waals surface area contributed by atoms with Crippen molar-refractivity contribution in [2.24, 2.45) is 0 Å². The minimum Gasteiger partial charge on any atom is -0.454 e.